The molecule has 18 heavy (non-hydrogen) atoms. The number of aromatic amines is 1. The Morgan fingerprint density at radius 1 is 1.39 bits per heavy atom. The molecule has 0 aromatic carbocycles. The quantitative estimate of drug-likeness (QED) is 0.788. The van der Waals surface area contributed by atoms with Crippen molar-refractivity contribution in [2.45, 2.75) is 11.4 Å². The molecule has 0 amide bonds. The molecule has 2 rings (SSSR count). The molecule has 0 atom stereocenters. The summed E-state index contributed by atoms with van der Waals surface area (Å²) in [5.74, 6) is -0.344. The van der Waals surface area contributed by atoms with E-state index in [1.165, 1.54) is 18.6 Å². The largest absolute Gasteiger partial charge is 0.263 e. The number of hydrogen-bond acceptors (Lipinski definition) is 5. The number of nitrogens with one attached hydrogen (secondary N) is 2. The second-order valence-corrected chi connectivity index (χ2v) is 5.05. The van der Waals surface area contributed by atoms with Crippen LogP contribution in [0.3, 0.4) is 0 Å². The number of sulfonamides is 1. The highest BCUT2D eigenvalue weighted by molar-refractivity contribution is 7.89. The van der Waals surface area contributed by atoms with Gasteiger partial charge in [-0.25, -0.2) is 27.5 Å². The molecule has 2 aromatic heterocycles. The van der Waals surface area contributed by atoms with Crippen molar-refractivity contribution in [1.29, 1.82) is 0 Å². The first-order chi connectivity index (χ1) is 8.59. The van der Waals surface area contributed by atoms with Crippen molar-refractivity contribution in [2.75, 3.05) is 6.54 Å². The molecule has 0 saturated heterocycles. The van der Waals surface area contributed by atoms with Crippen molar-refractivity contribution in [1.82, 2.24) is 24.9 Å². The number of pyridine rings is 1. The molecule has 0 aliphatic heterocycles. The predicted octanol–water partition coefficient (Wildman–Crippen LogP) is -0.140. The molecule has 0 unspecified atom stereocenters. The van der Waals surface area contributed by atoms with Crippen LogP contribution in [0.2, 0.25) is 0 Å². The van der Waals surface area contributed by atoms with Crippen LogP contribution in [0.4, 0.5) is 4.39 Å². The number of nitrogens with zero attached hydrogens (tertiary/aromatic N) is 3. The summed E-state index contributed by atoms with van der Waals surface area (Å²) in [5, 5.41) is 5.60. The molecule has 9 heteroatoms. The summed E-state index contributed by atoms with van der Waals surface area (Å²) in [5.41, 5.74) is 0. The minimum absolute atomic E-state index is 0.0769. The SMILES string of the molecule is O=S(=O)(NCCc1ncn[nH]1)c1ncccc1F. The number of aromatic nitrogens is 4. The Bertz CT molecular complexity index is 614. The first-order valence-corrected chi connectivity index (χ1v) is 6.52. The normalized spacial score (nSPS) is 11.6. The summed E-state index contributed by atoms with van der Waals surface area (Å²) in [6, 6.07) is 2.36. The molecule has 0 aliphatic carbocycles. The van der Waals surface area contributed by atoms with E-state index >= 15 is 0 Å². The van der Waals surface area contributed by atoms with E-state index in [1.54, 1.807) is 0 Å². The summed E-state index contributed by atoms with van der Waals surface area (Å²) >= 11 is 0. The zero-order valence-electron chi connectivity index (χ0n) is 9.17. The van der Waals surface area contributed by atoms with E-state index in [0.29, 0.717) is 12.2 Å². The van der Waals surface area contributed by atoms with Crippen LogP contribution in [0, 0.1) is 5.82 Å². The summed E-state index contributed by atoms with van der Waals surface area (Å²) in [4.78, 5) is 7.34. The van der Waals surface area contributed by atoms with Gasteiger partial charge in [0.05, 0.1) is 0 Å². The first-order valence-electron chi connectivity index (χ1n) is 5.04. The fourth-order valence-electron chi connectivity index (χ4n) is 1.29. The van der Waals surface area contributed by atoms with Gasteiger partial charge in [0, 0.05) is 19.2 Å². The molecule has 2 aromatic rings. The molecule has 0 radical (unpaired) electrons. The zero-order valence-corrected chi connectivity index (χ0v) is 9.98. The first kappa shape index (κ1) is 12.6. The van der Waals surface area contributed by atoms with Crippen molar-refractivity contribution >= 4 is 10.0 Å². The van der Waals surface area contributed by atoms with Gasteiger partial charge in [0.15, 0.2) is 5.82 Å². The summed E-state index contributed by atoms with van der Waals surface area (Å²) in [6.07, 6.45) is 2.87. The second-order valence-electron chi connectivity index (χ2n) is 3.37. The van der Waals surface area contributed by atoms with Gasteiger partial charge in [-0.15, -0.1) is 0 Å². The minimum Gasteiger partial charge on any atom is -0.263 e. The van der Waals surface area contributed by atoms with E-state index in [4.69, 9.17) is 0 Å². The average Bonchev–Trinajstić information content (AvgIpc) is 2.82. The minimum atomic E-state index is -3.94. The van der Waals surface area contributed by atoms with Gasteiger partial charge in [-0.1, -0.05) is 0 Å². The second kappa shape index (κ2) is 5.19. The molecule has 7 nitrogen and oxygen atoms in total. The highest BCUT2D eigenvalue weighted by atomic mass is 32.2. The molecule has 0 aliphatic rings. The van der Waals surface area contributed by atoms with Crippen LogP contribution in [-0.2, 0) is 16.4 Å². The molecule has 2 heterocycles. The van der Waals surface area contributed by atoms with Gasteiger partial charge in [0.1, 0.15) is 12.2 Å². The van der Waals surface area contributed by atoms with Gasteiger partial charge in [0.25, 0.3) is 10.0 Å². The van der Waals surface area contributed by atoms with Gasteiger partial charge < -0.3 is 0 Å². The molecule has 96 valence electrons. The van der Waals surface area contributed by atoms with Gasteiger partial charge in [-0.2, -0.15) is 5.10 Å². The van der Waals surface area contributed by atoms with E-state index in [2.05, 4.69) is 24.9 Å². The fourth-order valence-corrected chi connectivity index (χ4v) is 2.32. The van der Waals surface area contributed by atoms with Crippen LogP contribution >= 0.6 is 0 Å². The van der Waals surface area contributed by atoms with Crippen LogP contribution in [0.5, 0.6) is 0 Å². The van der Waals surface area contributed by atoms with Crippen LogP contribution in [-0.4, -0.2) is 35.1 Å². The smallest absolute Gasteiger partial charge is 0.261 e. The lowest BCUT2D eigenvalue weighted by Crippen LogP contribution is -2.27. The van der Waals surface area contributed by atoms with E-state index in [1.807, 2.05) is 0 Å². The number of rotatable bonds is 5. The molecule has 0 spiro atoms. The lowest BCUT2D eigenvalue weighted by Gasteiger charge is -2.05. The molecule has 0 fully saturated rings. The van der Waals surface area contributed by atoms with Gasteiger partial charge in [-0.3, -0.25) is 5.10 Å². The number of hydrogen-bond donors (Lipinski definition) is 2. The molecule has 0 bridgehead atoms. The van der Waals surface area contributed by atoms with Crippen molar-refractivity contribution in [2.24, 2.45) is 0 Å². The molecule has 0 saturated carbocycles. The van der Waals surface area contributed by atoms with Gasteiger partial charge in [0.2, 0.25) is 5.03 Å². The summed E-state index contributed by atoms with van der Waals surface area (Å²) in [6.45, 7) is 0.0769. The van der Waals surface area contributed by atoms with E-state index < -0.39 is 20.9 Å². The average molecular weight is 271 g/mol. The Kier molecular flexibility index (Phi) is 3.63. The number of H-pyrrole nitrogens is 1. The third-order valence-electron chi connectivity index (χ3n) is 2.10. The van der Waals surface area contributed by atoms with E-state index in [0.717, 1.165) is 6.07 Å². The molecule has 2 N–H and O–H groups in total. The molecular formula is C9H10FN5O2S. The van der Waals surface area contributed by atoms with E-state index in [-0.39, 0.29) is 6.54 Å². The topological polar surface area (TPSA) is 101 Å². The maximum absolute atomic E-state index is 13.3. The Labute approximate surface area is 103 Å². The Hall–Kier alpha value is -1.87. The standard InChI is InChI=1S/C9H10FN5O2S/c10-7-2-1-4-11-9(7)18(16,17)14-5-3-8-12-6-13-15-8/h1-2,4,6,14H,3,5H2,(H,12,13,15). The molecular weight excluding hydrogens is 261 g/mol. The Morgan fingerprint density at radius 2 is 2.22 bits per heavy atom. The third-order valence-corrected chi connectivity index (χ3v) is 3.49. The predicted molar refractivity (Wildman–Crippen MR) is 59.5 cm³/mol. The van der Waals surface area contributed by atoms with Gasteiger partial charge in [-0.05, 0) is 12.1 Å². The lowest BCUT2D eigenvalue weighted by molar-refractivity contribution is 0.544. The van der Waals surface area contributed by atoms with Crippen LogP contribution in [0.15, 0.2) is 29.7 Å². The lowest BCUT2D eigenvalue weighted by atomic mass is 10.4. The third kappa shape index (κ3) is 2.87. The van der Waals surface area contributed by atoms with Crippen molar-refractivity contribution in [3.63, 3.8) is 0 Å². The van der Waals surface area contributed by atoms with Gasteiger partial charge >= 0.3 is 0 Å². The van der Waals surface area contributed by atoms with Crippen molar-refractivity contribution in [3.05, 3.63) is 36.3 Å². The maximum Gasteiger partial charge on any atom is 0.261 e. The Balaban J connectivity index is 2.02. The number of halogens is 1. The summed E-state index contributed by atoms with van der Waals surface area (Å²) in [7, 11) is -3.94. The monoisotopic (exact) mass is 271 g/mol. The van der Waals surface area contributed by atoms with Crippen LogP contribution in [0.25, 0.3) is 0 Å². The van der Waals surface area contributed by atoms with Crippen molar-refractivity contribution in [3.8, 4) is 0 Å². The van der Waals surface area contributed by atoms with E-state index in [9.17, 15) is 12.8 Å². The highest BCUT2D eigenvalue weighted by Crippen LogP contribution is 2.09. The summed E-state index contributed by atoms with van der Waals surface area (Å²) < 4.78 is 39.0. The van der Waals surface area contributed by atoms with Crippen molar-refractivity contribution < 1.29 is 12.8 Å². The fraction of sp³-hybridized carbons (Fsp3) is 0.222. The van der Waals surface area contributed by atoms with Crippen LogP contribution in [0.1, 0.15) is 5.82 Å². The zero-order chi connectivity index (χ0) is 13.0. The Morgan fingerprint density at radius 3 is 2.89 bits per heavy atom. The highest BCUT2D eigenvalue weighted by Gasteiger charge is 2.19. The van der Waals surface area contributed by atoms with Crippen LogP contribution < -0.4 is 4.72 Å². The maximum atomic E-state index is 13.3.